The number of amides is 2. The van der Waals surface area contributed by atoms with Crippen LogP contribution in [0.1, 0.15) is 33.6 Å². The largest absolute Gasteiger partial charge is 0.467 e. The Labute approximate surface area is 125 Å². The SMILES string of the molecule is COC(=O)C(NC(=O)C(C)NC(=O)C1CCCN1)C(C)C. The normalized spacial score (nSPS) is 20.7. The van der Waals surface area contributed by atoms with Gasteiger partial charge < -0.3 is 20.7 Å². The lowest BCUT2D eigenvalue weighted by Crippen LogP contribution is -2.54. The lowest BCUT2D eigenvalue weighted by Gasteiger charge is -2.23. The lowest BCUT2D eigenvalue weighted by molar-refractivity contribution is -0.146. The van der Waals surface area contributed by atoms with Crippen LogP contribution in [0.25, 0.3) is 0 Å². The van der Waals surface area contributed by atoms with Gasteiger partial charge in [0, 0.05) is 0 Å². The molecule has 1 aliphatic rings. The van der Waals surface area contributed by atoms with Gasteiger partial charge in [0.05, 0.1) is 13.2 Å². The zero-order valence-corrected chi connectivity index (χ0v) is 13.1. The molecule has 1 rings (SSSR count). The van der Waals surface area contributed by atoms with Crippen LogP contribution in [-0.2, 0) is 19.1 Å². The fraction of sp³-hybridized carbons (Fsp3) is 0.786. The van der Waals surface area contributed by atoms with Crippen molar-refractivity contribution >= 4 is 17.8 Å². The summed E-state index contributed by atoms with van der Waals surface area (Å²) >= 11 is 0. The molecule has 2 amide bonds. The average Bonchev–Trinajstić information content (AvgIpc) is 2.97. The highest BCUT2D eigenvalue weighted by molar-refractivity contribution is 5.91. The monoisotopic (exact) mass is 299 g/mol. The highest BCUT2D eigenvalue weighted by Gasteiger charge is 2.29. The first-order chi connectivity index (χ1) is 9.86. The maximum absolute atomic E-state index is 12.1. The number of methoxy groups -OCH3 is 1. The van der Waals surface area contributed by atoms with E-state index in [4.69, 9.17) is 0 Å². The van der Waals surface area contributed by atoms with Gasteiger partial charge >= 0.3 is 5.97 Å². The Balaban J connectivity index is 2.52. The maximum atomic E-state index is 12.1. The molecule has 0 spiro atoms. The Morgan fingerprint density at radius 1 is 1.19 bits per heavy atom. The molecule has 3 atom stereocenters. The van der Waals surface area contributed by atoms with Crippen molar-refractivity contribution in [3.63, 3.8) is 0 Å². The number of carbonyl (C=O) groups is 3. The average molecular weight is 299 g/mol. The third-order valence-corrected chi connectivity index (χ3v) is 3.55. The minimum absolute atomic E-state index is 0.0965. The van der Waals surface area contributed by atoms with Crippen LogP contribution in [-0.4, -0.2) is 49.6 Å². The first-order valence-electron chi connectivity index (χ1n) is 7.28. The minimum atomic E-state index is -0.716. The fourth-order valence-electron chi connectivity index (χ4n) is 2.19. The first kappa shape index (κ1) is 17.4. The predicted molar refractivity (Wildman–Crippen MR) is 77.4 cm³/mol. The molecule has 0 radical (unpaired) electrons. The van der Waals surface area contributed by atoms with E-state index in [0.717, 1.165) is 19.4 Å². The molecule has 21 heavy (non-hydrogen) atoms. The van der Waals surface area contributed by atoms with Gasteiger partial charge in [-0.3, -0.25) is 9.59 Å². The Kier molecular flexibility index (Phi) is 6.61. The van der Waals surface area contributed by atoms with Gasteiger partial charge in [0.15, 0.2) is 0 Å². The van der Waals surface area contributed by atoms with Gasteiger partial charge in [-0.25, -0.2) is 4.79 Å². The van der Waals surface area contributed by atoms with Gasteiger partial charge in [-0.1, -0.05) is 13.8 Å². The molecule has 0 bridgehead atoms. The van der Waals surface area contributed by atoms with Crippen molar-refractivity contribution in [1.82, 2.24) is 16.0 Å². The molecule has 3 unspecified atom stereocenters. The third-order valence-electron chi connectivity index (χ3n) is 3.55. The smallest absolute Gasteiger partial charge is 0.328 e. The van der Waals surface area contributed by atoms with Crippen molar-refractivity contribution < 1.29 is 19.1 Å². The summed E-state index contributed by atoms with van der Waals surface area (Å²) in [5.41, 5.74) is 0. The van der Waals surface area contributed by atoms with Crippen molar-refractivity contribution in [2.75, 3.05) is 13.7 Å². The van der Waals surface area contributed by atoms with Crippen molar-refractivity contribution in [2.45, 2.75) is 51.7 Å². The van der Waals surface area contributed by atoms with Gasteiger partial charge in [-0.2, -0.15) is 0 Å². The van der Waals surface area contributed by atoms with Gasteiger partial charge in [0.25, 0.3) is 0 Å². The summed E-state index contributed by atoms with van der Waals surface area (Å²) in [7, 11) is 1.28. The summed E-state index contributed by atoms with van der Waals surface area (Å²) < 4.78 is 4.67. The van der Waals surface area contributed by atoms with Crippen molar-refractivity contribution in [3.05, 3.63) is 0 Å². The minimum Gasteiger partial charge on any atom is -0.467 e. The van der Waals surface area contributed by atoms with Crippen LogP contribution < -0.4 is 16.0 Å². The van der Waals surface area contributed by atoms with Crippen molar-refractivity contribution in [1.29, 1.82) is 0 Å². The van der Waals surface area contributed by atoms with E-state index >= 15 is 0 Å². The standard InChI is InChI=1S/C14H25N3O4/c1-8(2)11(14(20)21-4)17-12(18)9(3)16-13(19)10-6-5-7-15-10/h8-11,15H,5-7H2,1-4H3,(H,16,19)(H,17,18). The van der Waals surface area contributed by atoms with Crippen LogP contribution in [0, 0.1) is 5.92 Å². The summed E-state index contributed by atoms with van der Waals surface area (Å²) in [6.45, 7) is 6.04. The molecule has 120 valence electrons. The van der Waals surface area contributed by atoms with Gasteiger partial charge in [0.2, 0.25) is 11.8 Å². The highest BCUT2D eigenvalue weighted by atomic mass is 16.5. The number of esters is 1. The molecule has 7 nitrogen and oxygen atoms in total. The molecular formula is C14H25N3O4. The van der Waals surface area contributed by atoms with Crippen LogP contribution in [0.15, 0.2) is 0 Å². The number of ether oxygens (including phenoxy) is 1. The second-order valence-electron chi connectivity index (χ2n) is 5.63. The Morgan fingerprint density at radius 3 is 2.33 bits per heavy atom. The zero-order valence-electron chi connectivity index (χ0n) is 13.1. The summed E-state index contributed by atoms with van der Waals surface area (Å²) in [6, 6.07) is -1.65. The molecular weight excluding hydrogens is 274 g/mol. The molecule has 1 saturated heterocycles. The van der Waals surface area contributed by atoms with Crippen molar-refractivity contribution in [3.8, 4) is 0 Å². The maximum Gasteiger partial charge on any atom is 0.328 e. The van der Waals surface area contributed by atoms with E-state index in [1.165, 1.54) is 7.11 Å². The Morgan fingerprint density at radius 2 is 1.86 bits per heavy atom. The molecule has 1 aliphatic heterocycles. The number of hydrogen-bond donors (Lipinski definition) is 3. The molecule has 0 aliphatic carbocycles. The molecule has 0 aromatic rings. The molecule has 3 N–H and O–H groups in total. The number of hydrogen-bond acceptors (Lipinski definition) is 5. The number of nitrogens with one attached hydrogen (secondary N) is 3. The highest BCUT2D eigenvalue weighted by Crippen LogP contribution is 2.06. The summed E-state index contributed by atoms with van der Waals surface area (Å²) in [6.07, 6.45) is 1.73. The second-order valence-corrected chi connectivity index (χ2v) is 5.63. The summed E-state index contributed by atoms with van der Waals surface area (Å²) in [5.74, 6) is -1.17. The number of rotatable bonds is 6. The molecule has 1 heterocycles. The van der Waals surface area contributed by atoms with Gasteiger partial charge in [-0.05, 0) is 32.2 Å². The first-order valence-corrected chi connectivity index (χ1v) is 7.28. The fourth-order valence-corrected chi connectivity index (χ4v) is 2.19. The van der Waals surface area contributed by atoms with Crippen LogP contribution >= 0.6 is 0 Å². The molecule has 0 aromatic carbocycles. The van der Waals surface area contributed by atoms with Gasteiger partial charge in [0.1, 0.15) is 12.1 Å². The van der Waals surface area contributed by atoms with Crippen LogP contribution in [0.5, 0.6) is 0 Å². The third kappa shape index (κ3) is 5.00. The summed E-state index contributed by atoms with van der Waals surface area (Å²) in [4.78, 5) is 35.6. The molecule has 0 aromatic heterocycles. The van der Waals surface area contributed by atoms with Gasteiger partial charge in [-0.15, -0.1) is 0 Å². The van der Waals surface area contributed by atoms with E-state index in [-0.39, 0.29) is 17.9 Å². The van der Waals surface area contributed by atoms with Crippen LogP contribution in [0.2, 0.25) is 0 Å². The zero-order chi connectivity index (χ0) is 16.0. The summed E-state index contributed by atoms with van der Waals surface area (Å²) in [5, 5.41) is 8.34. The Hall–Kier alpha value is -1.63. The topological polar surface area (TPSA) is 96.5 Å². The number of carbonyl (C=O) groups excluding carboxylic acids is 3. The molecule has 7 heteroatoms. The van der Waals surface area contributed by atoms with E-state index < -0.39 is 24.0 Å². The molecule has 1 fully saturated rings. The van der Waals surface area contributed by atoms with Crippen LogP contribution in [0.4, 0.5) is 0 Å². The van der Waals surface area contributed by atoms with E-state index in [9.17, 15) is 14.4 Å². The molecule has 0 saturated carbocycles. The van der Waals surface area contributed by atoms with E-state index in [0.29, 0.717) is 0 Å². The quantitative estimate of drug-likeness (QED) is 0.578. The lowest BCUT2D eigenvalue weighted by atomic mass is 10.0. The van der Waals surface area contributed by atoms with E-state index in [1.54, 1.807) is 6.92 Å². The predicted octanol–water partition coefficient (Wildman–Crippen LogP) is -0.443. The Bertz CT molecular complexity index is 392. The van der Waals surface area contributed by atoms with Crippen LogP contribution in [0.3, 0.4) is 0 Å². The second kappa shape index (κ2) is 7.97. The van der Waals surface area contributed by atoms with Crippen molar-refractivity contribution in [2.24, 2.45) is 5.92 Å². The van der Waals surface area contributed by atoms with E-state index in [2.05, 4.69) is 20.7 Å². The van der Waals surface area contributed by atoms with E-state index in [1.807, 2.05) is 13.8 Å².